The van der Waals surface area contributed by atoms with Crippen molar-refractivity contribution < 1.29 is 4.92 Å². The molecule has 0 N–H and O–H groups in total. The Hall–Kier alpha value is -1.68. The zero-order valence-corrected chi connectivity index (χ0v) is 12.2. The molecule has 0 aromatic heterocycles. The van der Waals surface area contributed by atoms with Crippen LogP contribution in [0.1, 0.15) is 18.9 Å². The van der Waals surface area contributed by atoms with Crippen LogP contribution in [0.15, 0.2) is 46.9 Å². The molecule has 0 aliphatic heterocycles. The molecule has 2 aromatic carbocycles. The van der Waals surface area contributed by atoms with Gasteiger partial charge >= 0.3 is 0 Å². The van der Waals surface area contributed by atoms with Crippen molar-refractivity contribution in [1.82, 2.24) is 0 Å². The first kappa shape index (κ1) is 13.7. The van der Waals surface area contributed by atoms with Crippen LogP contribution < -0.4 is 0 Å². The highest BCUT2D eigenvalue weighted by atomic mass is 79.9. The number of nitro groups is 1. The number of benzene rings is 2. The molecule has 3 nitrogen and oxygen atoms in total. The van der Waals surface area contributed by atoms with Crippen molar-refractivity contribution >= 4 is 21.6 Å². The largest absolute Gasteiger partial charge is 0.270 e. The van der Waals surface area contributed by atoms with Crippen molar-refractivity contribution in [1.29, 1.82) is 0 Å². The van der Waals surface area contributed by atoms with Crippen molar-refractivity contribution in [3.63, 3.8) is 0 Å². The third-order valence-corrected chi connectivity index (χ3v) is 3.45. The van der Waals surface area contributed by atoms with Crippen molar-refractivity contribution in [2.45, 2.75) is 19.8 Å². The Kier molecular flexibility index (Phi) is 4.32. The maximum Gasteiger partial charge on any atom is 0.270 e. The molecule has 0 aliphatic carbocycles. The van der Waals surface area contributed by atoms with E-state index in [-0.39, 0.29) is 10.6 Å². The fraction of sp³-hybridized carbons (Fsp3) is 0.200. The molecule has 0 fully saturated rings. The monoisotopic (exact) mass is 319 g/mol. The zero-order chi connectivity index (χ0) is 13.8. The molecule has 0 saturated heterocycles. The molecule has 19 heavy (non-hydrogen) atoms. The SMILES string of the molecule is CCCc1ccc(Br)cc1-c1cccc([N+](=O)[O-])c1. The van der Waals surface area contributed by atoms with Crippen LogP contribution in [0.5, 0.6) is 0 Å². The molecule has 0 spiro atoms. The summed E-state index contributed by atoms with van der Waals surface area (Å²) in [7, 11) is 0. The second-order valence-corrected chi connectivity index (χ2v) is 5.27. The summed E-state index contributed by atoms with van der Waals surface area (Å²) in [6.07, 6.45) is 2.01. The molecule has 0 unspecified atom stereocenters. The second-order valence-electron chi connectivity index (χ2n) is 4.36. The molecule has 2 aromatic rings. The van der Waals surface area contributed by atoms with E-state index in [4.69, 9.17) is 0 Å². The number of nitrogens with zero attached hydrogens (tertiary/aromatic N) is 1. The van der Waals surface area contributed by atoms with Gasteiger partial charge in [0, 0.05) is 16.6 Å². The van der Waals surface area contributed by atoms with Gasteiger partial charge < -0.3 is 0 Å². The van der Waals surface area contributed by atoms with Crippen LogP contribution in [0.3, 0.4) is 0 Å². The van der Waals surface area contributed by atoms with Gasteiger partial charge in [0.25, 0.3) is 5.69 Å². The normalized spacial score (nSPS) is 10.4. The molecule has 0 heterocycles. The summed E-state index contributed by atoms with van der Waals surface area (Å²) in [4.78, 5) is 10.5. The lowest BCUT2D eigenvalue weighted by Gasteiger charge is -2.09. The highest BCUT2D eigenvalue weighted by molar-refractivity contribution is 9.10. The summed E-state index contributed by atoms with van der Waals surface area (Å²) in [5, 5.41) is 10.9. The Morgan fingerprint density at radius 1 is 1.21 bits per heavy atom. The average Bonchev–Trinajstić information content (AvgIpc) is 2.41. The summed E-state index contributed by atoms with van der Waals surface area (Å²) in [5.74, 6) is 0. The Morgan fingerprint density at radius 3 is 2.68 bits per heavy atom. The van der Waals surface area contributed by atoms with E-state index in [0.717, 1.165) is 28.4 Å². The maximum atomic E-state index is 10.9. The number of nitro benzene ring substituents is 1. The first-order valence-corrected chi connectivity index (χ1v) is 6.94. The van der Waals surface area contributed by atoms with E-state index < -0.39 is 0 Å². The van der Waals surface area contributed by atoms with Gasteiger partial charge in [0.1, 0.15) is 0 Å². The van der Waals surface area contributed by atoms with Gasteiger partial charge in [-0.1, -0.05) is 47.5 Å². The van der Waals surface area contributed by atoms with Gasteiger partial charge in [-0.2, -0.15) is 0 Å². The van der Waals surface area contributed by atoms with Gasteiger partial charge in [0.05, 0.1) is 4.92 Å². The lowest BCUT2D eigenvalue weighted by molar-refractivity contribution is -0.384. The highest BCUT2D eigenvalue weighted by Gasteiger charge is 2.10. The fourth-order valence-electron chi connectivity index (χ4n) is 2.09. The minimum Gasteiger partial charge on any atom is -0.258 e. The van der Waals surface area contributed by atoms with E-state index in [2.05, 4.69) is 28.9 Å². The smallest absolute Gasteiger partial charge is 0.258 e. The van der Waals surface area contributed by atoms with Crippen molar-refractivity contribution in [2.75, 3.05) is 0 Å². The Labute approximate surface area is 120 Å². The predicted octanol–water partition coefficient (Wildman–Crippen LogP) is 4.98. The molecule has 0 amide bonds. The van der Waals surface area contributed by atoms with E-state index in [9.17, 15) is 10.1 Å². The molecule has 2 rings (SSSR count). The van der Waals surface area contributed by atoms with Gasteiger partial charge in [-0.3, -0.25) is 10.1 Å². The van der Waals surface area contributed by atoms with Crippen LogP contribution in [0.25, 0.3) is 11.1 Å². The number of hydrogen-bond acceptors (Lipinski definition) is 2. The second kappa shape index (κ2) is 5.97. The van der Waals surface area contributed by atoms with E-state index in [0.29, 0.717) is 0 Å². The standard InChI is InChI=1S/C15H14BrNO2/c1-2-4-11-7-8-13(16)10-15(11)12-5-3-6-14(9-12)17(18)19/h3,5-10H,2,4H2,1H3. The summed E-state index contributed by atoms with van der Waals surface area (Å²) >= 11 is 3.46. The van der Waals surface area contributed by atoms with E-state index in [1.165, 1.54) is 11.6 Å². The van der Waals surface area contributed by atoms with Crippen molar-refractivity contribution in [2.24, 2.45) is 0 Å². The van der Waals surface area contributed by atoms with Gasteiger partial charge in [0.15, 0.2) is 0 Å². The lowest BCUT2D eigenvalue weighted by atomic mass is 9.97. The maximum absolute atomic E-state index is 10.9. The lowest BCUT2D eigenvalue weighted by Crippen LogP contribution is -1.92. The minimum atomic E-state index is -0.360. The van der Waals surface area contributed by atoms with E-state index in [1.54, 1.807) is 12.1 Å². The Bertz CT molecular complexity index is 611. The van der Waals surface area contributed by atoms with Crippen LogP contribution >= 0.6 is 15.9 Å². The topological polar surface area (TPSA) is 43.1 Å². The summed E-state index contributed by atoms with van der Waals surface area (Å²) in [6.45, 7) is 2.12. The molecular formula is C15H14BrNO2. The van der Waals surface area contributed by atoms with Crippen LogP contribution in [0, 0.1) is 10.1 Å². The van der Waals surface area contributed by atoms with Gasteiger partial charge in [0.2, 0.25) is 0 Å². The third-order valence-electron chi connectivity index (χ3n) is 2.96. The predicted molar refractivity (Wildman–Crippen MR) is 80.2 cm³/mol. The number of hydrogen-bond donors (Lipinski definition) is 0. The third kappa shape index (κ3) is 3.20. The number of rotatable bonds is 4. The van der Waals surface area contributed by atoms with Gasteiger partial charge in [-0.15, -0.1) is 0 Å². The van der Waals surface area contributed by atoms with Crippen LogP contribution in [0.4, 0.5) is 5.69 Å². The van der Waals surface area contributed by atoms with Crippen LogP contribution in [0.2, 0.25) is 0 Å². The van der Waals surface area contributed by atoms with Gasteiger partial charge in [-0.05, 0) is 35.2 Å². The van der Waals surface area contributed by atoms with Crippen LogP contribution in [-0.4, -0.2) is 4.92 Å². The molecule has 98 valence electrons. The number of non-ortho nitro benzene ring substituents is 1. The highest BCUT2D eigenvalue weighted by Crippen LogP contribution is 2.30. The summed E-state index contributed by atoms with van der Waals surface area (Å²) in [5.41, 5.74) is 3.28. The average molecular weight is 320 g/mol. The minimum absolute atomic E-state index is 0.125. The number of halogens is 1. The number of aryl methyl sites for hydroxylation is 1. The molecule has 0 atom stereocenters. The van der Waals surface area contributed by atoms with E-state index in [1.807, 2.05) is 18.2 Å². The quantitative estimate of drug-likeness (QED) is 0.589. The first-order chi connectivity index (χ1) is 9.11. The van der Waals surface area contributed by atoms with Crippen LogP contribution in [-0.2, 0) is 6.42 Å². The van der Waals surface area contributed by atoms with Crippen molar-refractivity contribution in [3.05, 3.63) is 62.6 Å². The summed E-state index contributed by atoms with van der Waals surface area (Å²) < 4.78 is 0.980. The zero-order valence-electron chi connectivity index (χ0n) is 10.6. The van der Waals surface area contributed by atoms with E-state index >= 15 is 0 Å². The van der Waals surface area contributed by atoms with Crippen molar-refractivity contribution in [3.8, 4) is 11.1 Å². The Morgan fingerprint density at radius 2 is 2.00 bits per heavy atom. The van der Waals surface area contributed by atoms with Gasteiger partial charge in [-0.25, -0.2) is 0 Å². The Balaban J connectivity index is 2.53. The molecule has 0 bridgehead atoms. The molecule has 0 aliphatic rings. The summed E-state index contributed by atoms with van der Waals surface area (Å²) in [6, 6.07) is 12.9. The molecular weight excluding hydrogens is 306 g/mol. The molecule has 0 radical (unpaired) electrons. The first-order valence-electron chi connectivity index (χ1n) is 6.15. The fourth-order valence-corrected chi connectivity index (χ4v) is 2.45. The molecule has 4 heteroatoms. The molecule has 0 saturated carbocycles.